The lowest BCUT2D eigenvalue weighted by molar-refractivity contribution is 0.288. The summed E-state index contributed by atoms with van der Waals surface area (Å²) >= 11 is 0. The largest absolute Gasteiger partial charge is 0.396 e. The SMILES string of the molecule is CC(C)CC(C)N(C)S(=O)(=O)c1ccc(CCCO)cc1. The van der Waals surface area contributed by atoms with Crippen LogP contribution >= 0.6 is 0 Å². The Morgan fingerprint density at radius 3 is 2.19 bits per heavy atom. The zero-order valence-corrected chi connectivity index (χ0v) is 14.2. The fourth-order valence-electron chi connectivity index (χ4n) is 2.35. The topological polar surface area (TPSA) is 57.6 Å². The van der Waals surface area contributed by atoms with E-state index in [2.05, 4.69) is 13.8 Å². The number of benzene rings is 1. The monoisotopic (exact) mass is 313 g/mol. The van der Waals surface area contributed by atoms with E-state index in [-0.39, 0.29) is 12.6 Å². The van der Waals surface area contributed by atoms with Gasteiger partial charge in [-0.05, 0) is 49.8 Å². The van der Waals surface area contributed by atoms with E-state index in [1.807, 2.05) is 19.1 Å². The first-order valence-corrected chi connectivity index (χ1v) is 8.91. The molecular weight excluding hydrogens is 286 g/mol. The van der Waals surface area contributed by atoms with Crippen molar-refractivity contribution in [3.05, 3.63) is 29.8 Å². The summed E-state index contributed by atoms with van der Waals surface area (Å²) in [6.07, 6.45) is 2.29. The van der Waals surface area contributed by atoms with Crippen LogP contribution in [0.2, 0.25) is 0 Å². The van der Waals surface area contributed by atoms with Gasteiger partial charge in [0, 0.05) is 19.7 Å². The minimum atomic E-state index is -3.44. The summed E-state index contributed by atoms with van der Waals surface area (Å²) in [5.41, 5.74) is 1.04. The number of aryl methyl sites for hydroxylation is 1. The Bertz CT molecular complexity index is 523. The number of hydrogen-bond acceptors (Lipinski definition) is 3. The molecule has 1 N–H and O–H groups in total. The summed E-state index contributed by atoms with van der Waals surface area (Å²) in [7, 11) is -1.80. The van der Waals surface area contributed by atoms with Crippen LogP contribution in [0.1, 0.15) is 39.2 Å². The molecule has 0 spiro atoms. The van der Waals surface area contributed by atoms with Crippen LogP contribution in [0.5, 0.6) is 0 Å². The fourth-order valence-corrected chi connectivity index (χ4v) is 3.72. The van der Waals surface area contributed by atoms with E-state index in [0.717, 1.165) is 18.4 Å². The highest BCUT2D eigenvalue weighted by atomic mass is 32.2. The van der Waals surface area contributed by atoms with Gasteiger partial charge in [0.2, 0.25) is 10.0 Å². The van der Waals surface area contributed by atoms with Crippen molar-refractivity contribution in [1.29, 1.82) is 0 Å². The highest BCUT2D eigenvalue weighted by Gasteiger charge is 2.25. The normalized spacial score (nSPS) is 13.9. The lowest BCUT2D eigenvalue weighted by Gasteiger charge is -2.25. The van der Waals surface area contributed by atoms with Crippen LogP contribution in [0, 0.1) is 5.92 Å². The molecule has 120 valence electrons. The maximum Gasteiger partial charge on any atom is 0.243 e. The molecule has 0 saturated heterocycles. The van der Waals surface area contributed by atoms with Crippen LogP contribution < -0.4 is 0 Å². The lowest BCUT2D eigenvalue weighted by Crippen LogP contribution is -2.35. The third-order valence-electron chi connectivity index (χ3n) is 3.66. The molecule has 0 heterocycles. The molecule has 1 aromatic rings. The summed E-state index contributed by atoms with van der Waals surface area (Å²) in [6, 6.07) is 6.93. The van der Waals surface area contributed by atoms with Gasteiger partial charge in [0.25, 0.3) is 0 Å². The second-order valence-corrected chi connectivity index (χ2v) is 7.97. The van der Waals surface area contributed by atoms with Gasteiger partial charge in [-0.2, -0.15) is 4.31 Å². The number of aliphatic hydroxyl groups is 1. The molecule has 0 aliphatic carbocycles. The molecule has 0 saturated carbocycles. The first-order chi connectivity index (χ1) is 9.78. The van der Waals surface area contributed by atoms with E-state index in [9.17, 15) is 8.42 Å². The van der Waals surface area contributed by atoms with Crippen molar-refractivity contribution in [3.8, 4) is 0 Å². The van der Waals surface area contributed by atoms with Gasteiger partial charge in [0.1, 0.15) is 0 Å². The molecule has 0 fully saturated rings. The van der Waals surface area contributed by atoms with E-state index in [1.54, 1.807) is 19.2 Å². The second-order valence-electron chi connectivity index (χ2n) is 5.97. The molecule has 21 heavy (non-hydrogen) atoms. The Labute approximate surface area is 128 Å². The van der Waals surface area contributed by atoms with Crippen LogP contribution in [0.4, 0.5) is 0 Å². The van der Waals surface area contributed by atoms with Crippen LogP contribution in [-0.4, -0.2) is 37.5 Å². The molecule has 0 amide bonds. The standard InChI is InChI=1S/C16H27NO3S/c1-13(2)12-14(3)17(4)21(19,20)16-9-7-15(8-10-16)6-5-11-18/h7-10,13-14,18H,5-6,11-12H2,1-4H3. The third kappa shape index (κ3) is 5.09. The average Bonchev–Trinajstić information content (AvgIpc) is 2.43. The lowest BCUT2D eigenvalue weighted by atomic mass is 10.1. The molecule has 1 rings (SSSR count). The fraction of sp³-hybridized carbons (Fsp3) is 0.625. The Morgan fingerprint density at radius 1 is 1.14 bits per heavy atom. The summed E-state index contributed by atoms with van der Waals surface area (Å²) in [5.74, 6) is 0.457. The molecule has 4 nitrogen and oxygen atoms in total. The van der Waals surface area contributed by atoms with Crippen LogP contribution in [0.25, 0.3) is 0 Å². The van der Waals surface area contributed by atoms with Crippen molar-refractivity contribution >= 4 is 10.0 Å². The summed E-state index contributed by atoms with van der Waals surface area (Å²) in [4.78, 5) is 0.327. The Morgan fingerprint density at radius 2 is 1.71 bits per heavy atom. The molecule has 0 aliphatic rings. The molecular formula is C16H27NO3S. The first-order valence-electron chi connectivity index (χ1n) is 7.47. The van der Waals surface area contributed by atoms with Gasteiger partial charge in [-0.25, -0.2) is 8.42 Å². The quantitative estimate of drug-likeness (QED) is 0.803. The molecule has 0 aliphatic heterocycles. The number of nitrogens with zero attached hydrogens (tertiary/aromatic N) is 1. The van der Waals surface area contributed by atoms with Crippen LogP contribution in [0.3, 0.4) is 0 Å². The first kappa shape index (κ1) is 18.1. The zero-order valence-electron chi connectivity index (χ0n) is 13.4. The minimum Gasteiger partial charge on any atom is -0.396 e. The Balaban J connectivity index is 2.86. The van der Waals surface area contributed by atoms with Crippen molar-refractivity contribution in [2.75, 3.05) is 13.7 Å². The summed E-state index contributed by atoms with van der Waals surface area (Å²) < 4.78 is 26.6. The number of rotatable bonds is 8. The van der Waals surface area contributed by atoms with Gasteiger partial charge < -0.3 is 5.11 Å². The number of sulfonamides is 1. The van der Waals surface area contributed by atoms with Crippen molar-refractivity contribution in [1.82, 2.24) is 4.31 Å². The predicted molar refractivity (Wildman–Crippen MR) is 85.7 cm³/mol. The summed E-state index contributed by atoms with van der Waals surface area (Å²) in [5, 5.41) is 8.81. The molecule has 0 aromatic heterocycles. The average molecular weight is 313 g/mol. The zero-order chi connectivity index (χ0) is 16.0. The molecule has 5 heteroatoms. The highest BCUT2D eigenvalue weighted by Crippen LogP contribution is 2.20. The summed E-state index contributed by atoms with van der Waals surface area (Å²) in [6.45, 7) is 6.27. The predicted octanol–water partition coefficient (Wildman–Crippen LogP) is 2.67. The van der Waals surface area contributed by atoms with Crippen molar-refractivity contribution < 1.29 is 13.5 Å². The molecule has 1 atom stereocenters. The van der Waals surface area contributed by atoms with Gasteiger partial charge in [-0.1, -0.05) is 26.0 Å². The van der Waals surface area contributed by atoms with Gasteiger partial charge in [-0.3, -0.25) is 0 Å². The van der Waals surface area contributed by atoms with Gasteiger partial charge in [-0.15, -0.1) is 0 Å². The van der Waals surface area contributed by atoms with Gasteiger partial charge in [0.15, 0.2) is 0 Å². The van der Waals surface area contributed by atoms with Gasteiger partial charge in [0.05, 0.1) is 4.90 Å². The Hall–Kier alpha value is -0.910. The van der Waals surface area contributed by atoms with E-state index in [4.69, 9.17) is 5.11 Å². The van der Waals surface area contributed by atoms with E-state index in [0.29, 0.717) is 17.2 Å². The number of hydrogen-bond donors (Lipinski definition) is 1. The number of aliphatic hydroxyl groups excluding tert-OH is 1. The molecule has 0 bridgehead atoms. The van der Waals surface area contributed by atoms with Crippen LogP contribution in [-0.2, 0) is 16.4 Å². The minimum absolute atomic E-state index is 0.0240. The Kier molecular flexibility index (Phi) is 6.84. The molecule has 0 radical (unpaired) electrons. The molecule has 1 unspecified atom stereocenters. The maximum atomic E-state index is 12.6. The van der Waals surface area contributed by atoms with E-state index in [1.165, 1.54) is 4.31 Å². The molecule has 1 aromatic carbocycles. The third-order valence-corrected chi connectivity index (χ3v) is 5.64. The smallest absolute Gasteiger partial charge is 0.243 e. The van der Waals surface area contributed by atoms with E-state index >= 15 is 0 Å². The van der Waals surface area contributed by atoms with Crippen molar-refractivity contribution in [2.24, 2.45) is 5.92 Å². The van der Waals surface area contributed by atoms with Crippen LogP contribution in [0.15, 0.2) is 29.2 Å². The van der Waals surface area contributed by atoms with Gasteiger partial charge >= 0.3 is 0 Å². The van der Waals surface area contributed by atoms with Crippen molar-refractivity contribution in [2.45, 2.75) is 51.0 Å². The highest BCUT2D eigenvalue weighted by molar-refractivity contribution is 7.89. The maximum absolute atomic E-state index is 12.6. The van der Waals surface area contributed by atoms with Crippen molar-refractivity contribution in [3.63, 3.8) is 0 Å². The second kappa shape index (κ2) is 7.92. The van der Waals surface area contributed by atoms with E-state index < -0.39 is 10.0 Å².